The first-order valence-electron chi connectivity index (χ1n) is 5.33. The molecule has 1 aliphatic carbocycles. The number of amides is 1. The summed E-state index contributed by atoms with van der Waals surface area (Å²) < 4.78 is 1.61. The molecule has 7 nitrogen and oxygen atoms in total. The molecule has 1 aromatic rings. The van der Waals surface area contributed by atoms with Crippen LogP contribution in [-0.2, 0) is 11.3 Å². The molecule has 0 aromatic carbocycles. The standard InChI is InChI=1S/C10H14N4O3/c11-10(1-2-10)9(17)12-3-4-14-5-7(8(15)16)13-6-14/h5-6H,1-4,11H2,(H,12,17)(H,15,16). The van der Waals surface area contributed by atoms with Crippen molar-refractivity contribution in [3.05, 3.63) is 18.2 Å². The molecule has 0 spiro atoms. The van der Waals surface area contributed by atoms with Gasteiger partial charge in [0.25, 0.3) is 0 Å². The van der Waals surface area contributed by atoms with Gasteiger partial charge in [-0.2, -0.15) is 0 Å². The van der Waals surface area contributed by atoms with E-state index in [1.165, 1.54) is 12.5 Å². The first-order valence-corrected chi connectivity index (χ1v) is 5.33. The number of rotatable bonds is 5. The number of carbonyl (C=O) groups excluding carboxylic acids is 1. The van der Waals surface area contributed by atoms with Crippen molar-refractivity contribution in [3.63, 3.8) is 0 Å². The SMILES string of the molecule is NC1(C(=O)NCCn2cnc(C(=O)O)c2)CC1. The van der Waals surface area contributed by atoms with Gasteiger partial charge in [0.1, 0.15) is 0 Å². The van der Waals surface area contributed by atoms with Crippen LogP contribution in [0.25, 0.3) is 0 Å². The molecule has 0 bridgehead atoms. The minimum absolute atomic E-state index is 0.00573. The molecule has 0 radical (unpaired) electrons. The molecule has 2 rings (SSSR count). The summed E-state index contributed by atoms with van der Waals surface area (Å²) in [6.07, 6.45) is 4.30. The van der Waals surface area contributed by atoms with Crippen molar-refractivity contribution in [1.82, 2.24) is 14.9 Å². The Morgan fingerprint density at radius 3 is 2.82 bits per heavy atom. The first-order chi connectivity index (χ1) is 8.01. The number of nitrogens with zero attached hydrogens (tertiary/aromatic N) is 2. The number of nitrogens with one attached hydrogen (secondary N) is 1. The van der Waals surface area contributed by atoms with Crippen molar-refractivity contribution in [1.29, 1.82) is 0 Å². The number of carboxylic acid groups (broad SMARTS) is 1. The van der Waals surface area contributed by atoms with Gasteiger partial charge in [-0.1, -0.05) is 0 Å². The van der Waals surface area contributed by atoms with Crippen LogP contribution in [0.3, 0.4) is 0 Å². The van der Waals surface area contributed by atoms with Gasteiger partial charge in [-0.3, -0.25) is 4.79 Å². The van der Waals surface area contributed by atoms with Crippen LogP contribution in [0.2, 0.25) is 0 Å². The van der Waals surface area contributed by atoms with E-state index in [2.05, 4.69) is 10.3 Å². The number of carbonyl (C=O) groups is 2. The average molecular weight is 238 g/mol. The number of hydrogen-bond acceptors (Lipinski definition) is 4. The fourth-order valence-corrected chi connectivity index (χ4v) is 1.43. The summed E-state index contributed by atoms with van der Waals surface area (Å²) in [7, 11) is 0. The molecule has 0 saturated heterocycles. The monoisotopic (exact) mass is 238 g/mol. The van der Waals surface area contributed by atoms with Gasteiger partial charge in [0.05, 0.1) is 11.9 Å². The van der Waals surface area contributed by atoms with Gasteiger partial charge in [0, 0.05) is 19.3 Å². The third kappa shape index (κ3) is 2.62. The molecule has 1 saturated carbocycles. The normalized spacial score (nSPS) is 16.5. The molecule has 1 aromatic heterocycles. The Morgan fingerprint density at radius 1 is 1.59 bits per heavy atom. The lowest BCUT2D eigenvalue weighted by molar-refractivity contribution is -0.123. The number of nitrogens with two attached hydrogens (primary N) is 1. The van der Waals surface area contributed by atoms with E-state index in [0.29, 0.717) is 13.1 Å². The second-order valence-corrected chi connectivity index (χ2v) is 4.21. The minimum atomic E-state index is -1.06. The Labute approximate surface area is 97.6 Å². The quantitative estimate of drug-likeness (QED) is 0.621. The highest BCUT2D eigenvalue weighted by Gasteiger charge is 2.45. The van der Waals surface area contributed by atoms with Crippen molar-refractivity contribution in [3.8, 4) is 0 Å². The Balaban J connectivity index is 1.78. The molecule has 0 unspecified atom stereocenters. The highest BCUT2D eigenvalue weighted by atomic mass is 16.4. The van der Waals surface area contributed by atoms with Crippen LogP contribution in [0.4, 0.5) is 0 Å². The summed E-state index contributed by atoms with van der Waals surface area (Å²) in [6.45, 7) is 0.884. The van der Waals surface area contributed by atoms with Crippen molar-refractivity contribution >= 4 is 11.9 Å². The van der Waals surface area contributed by atoms with Crippen LogP contribution in [0.1, 0.15) is 23.3 Å². The van der Waals surface area contributed by atoms with Crippen molar-refractivity contribution < 1.29 is 14.7 Å². The first kappa shape index (κ1) is 11.6. The fraction of sp³-hybridized carbons (Fsp3) is 0.500. The minimum Gasteiger partial charge on any atom is -0.476 e. The maximum absolute atomic E-state index is 11.5. The van der Waals surface area contributed by atoms with Crippen LogP contribution in [0.15, 0.2) is 12.5 Å². The zero-order valence-electron chi connectivity index (χ0n) is 9.22. The summed E-state index contributed by atoms with van der Waals surface area (Å²) in [5.41, 5.74) is 5.03. The van der Waals surface area contributed by atoms with E-state index in [1.54, 1.807) is 4.57 Å². The Morgan fingerprint density at radius 2 is 2.29 bits per heavy atom. The molecule has 17 heavy (non-hydrogen) atoms. The van der Waals surface area contributed by atoms with Crippen LogP contribution in [0.5, 0.6) is 0 Å². The van der Waals surface area contributed by atoms with Gasteiger partial charge >= 0.3 is 5.97 Å². The maximum atomic E-state index is 11.5. The third-order valence-electron chi connectivity index (χ3n) is 2.75. The van der Waals surface area contributed by atoms with Crippen molar-refractivity contribution in [2.45, 2.75) is 24.9 Å². The lowest BCUT2D eigenvalue weighted by Gasteiger charge is -2.09. The molecule has 4 N–H and O–H groups in total. The van der Waals surface area contributed by atoms with E-state index in [-0.39, 0.29) is 11.6 Å². The summed E-state index contributed by atoms with van der Waals surface area (Å²) >= 11 is 0. The maximum Gasteiger partial charge on any atom is 0.356 e. The van der Waals surface area contributed by atoms with Gasteiger partial charge in [0.2, 0.25) is 5.91 Å². The number of hydrogen-bond donors (Lipinski definition) is 3. The molecule has 1 aliphatic rings. The Hall–Kier alpha value is -1.89. The van der Waals surface area contributed by atoms with Crippen molar-refractivity contribution in [2.24, 2.45) is 5.73 Å². The predicted molar refractivity (Wildman–Crippen MR) is 58.3 cm³/mol. The highest BCUT2D eigenvalue weighted by Crippen LogP contribution is 2.31. The Bertz CT molecular complexity index is 450. The van der Waals surface area contributed by atoms with E-state index < -0.39 is 11.5 Å². The van der Waals surface area contributed by atoms with Gasteiger partial charge < -0.3 is 20.7 Å². The molecule has 0 aliphatic heterocycles. The van der Waals surface area contributed by atoms with Gasteiger partial charge in [-0.15, -0.1) is 0 Å². The zero-order chi connectivity index (χ0) is 12.5. The van der Waals surface area contributed by atoms with Crippen LogP contribution in [0, 0.1) is 0 Å². The summed E-state index contributed by atoms with van der Waals surface area (Å²) in [5, 5.41) is 11.4. The molecule has 7 heteroatoms. The molecule has 1 fully saturated rings. The number of aromatic carboxylic acids is 1. The predicted octanol–water partition coefficient (Wildman–Crippen LogP) is -0.811. The lowest BCUT2D eigenvalue weighted by Crippen LogP contribution is -2.43. The molecular formula is C10H14N4O3. The van der Waals surface area contributed by atoms with E-state index >= 15 is 0 Å². The van der Waals surface area contributed by atoms with E-state index in [0.717, 1.165) is 12.8 Å². The molecule has 1 heterocycles. The largest absolute Gasteiger partial charge is 0.476 e. The zero-order valence-corrected chi connectivity index (χ0v) is 9.22. The number of imidazole rings is 1. The third-order valence-corrected chi connectivity index (χ3v) is 2.75. The molecule has 1 amide bonds. The second-order valence-electron chi connectivity index (χ2n) is 4.21. The van der Waals surface area contributed by atoms with Gasteiger partial charge in [0.15, 0.2) is 5.69 Å². The summed E-state index contributed by atoms with van der Waals surface area (Å²) in [4.78, 5) is 25.8. The number of aromatic nitrogens is 2. The fourth-order valence-electron chi connectivity index (χ4n) is 1.43. The summed E-state index contributed by atoms with van der Waals surface area (Å²) in [6, 6.07) is 0. The van der Waals surface area contributed by atoms with E-state index in [1.807, 2.05) is 0 Å². The van der Waals surface area contributed by atoms with E-state index in [4.69, 9.17) is 10.8 Å². The molecule has 0 atom stereocenters. The smallest absolute Gasteiger partial charge is 0.356 e. The van der Waals surface area contributed by atoms with Crippen molar-refractivity contribution in [2.75, 3.05) is 6.54 Å². The Kier molecular flexibility index (Phi) is 2.84. The molecular weight excluding hydrogens is 224 g/mol. The van der Waals surface area contributed by atoms with Gasteiger partial charge in [-0.25, -0.2) is 9.78 Å². The summed E-state index contributed by atoms with van der Waals surface area (Å²) in [5.74, 6) is -1.21. The van der Waals surface area contributed by atoms with E-state index in [9.17, 15) is 9.59 Å². The topological polar surface area (TPSA) is 110 Å². The second kappa shape index (κ2) is 4.17. The molecule has 92 valence electrons. The van der Waals surface area contributed by atoms with Gasteiger partial charge in [-0.05, 0) is 12.8 Å². The number of carboxylic acids is 1. The highest BCUT2D eigenvalue weighted by molar-refractivity contribution is 5.88. The van der Waals surface area contributed by atoms with Crippen LogP contribution in [-0.4, -0.2) is 38.6 Å². The lowest BCUT2D eigenvalue weighted by atomic mass is 10.3. The van der Waals surface area contributed by atoms with Crippen LogP contribution >= 0.6 is 0 Å². The van der Waals surface area contributed by atoms with Crippen LogP contribution < -0.4 is 11.1 Å². The average Bonchev–Trinajstić information content (AvgIpc) is 2.86.